The van der Waals surface area contributed by atoms with Gasteiger partial charge in [0.05, 0.1) is 5.56 Å². The third kappa shape index (κ3) is 3.33. The van der Waals surface area contributed by atoms with E-state index in [1.807, 2.05) is 0 Å². The maximum Gasteiger partial charge on any atom is 0.195 e. The minimum absolute atomic E-state index is 0.0716. The van der Waals surface area contributed by atoms with Crippen LogP contribution in [0.15, 0.2) is 6.07 Å². The number of benzene rings is 1. The Kier molecular flexibility index (Phi) is 5.11. The summed E-state index contributed by atoms with van der Waals surface area (Å²) in [6.45, 7) is 2.96. The van der Waals surface area contributed by atoms with Crippen molar-refractivity contribution in [3.8, 4) is 5.75 Å². The Labute approximate surface area is 134 Å². The first kappa shape index (κ1) is 16.6. The van der Waals surface area contributed by atoms with Gasteiger partial charge in [0.15, 0.2) is 17.5 Å². The molecule has 0 amide bonds. The number of piperazine rings is 1. The summed E-state index contributed by atoms with van der Waals surface area (Å²) in [7, 11) is 0. The standard InChI is InChI=1S/C17H23F3N2O/c18-12-10-13(23)14(16(20)15(12)19)17(11-4-2-1-3-5-11)22-8-6-21-7-9-22/h10-11,17,21,23H,1-9H2/t17-/m1/s1. The van der Waals surface area contributed by atoms with Crippen molar-refractivity contribution in [2.45, 2.75) is 38.1 Å². The van der Waals surface area contributed by atoms with Gasteiger partial charge >= 0.3 is 0 Å². The average Bonchev–Trinajstić information content (AvgIpc) is 2.58. The van der Waals surface area contributed by atoms with Crippen molar-refractivity contribution >= 4 is 0 Å². The highest BCUT2D eigenvalue weighted by atomic mass is 19.2. The Balaban J connectivity index is 2.02. The van der Waals surface area contributed by atoms with Gasteiger partial charge in [0.25, 0.3) is 0 Å². The van der Waals surface area contributed by atoms with Crippen molar-refractivity contribution in [3.63, 3.8) is 0 Å². The molecule has 1 atom stereocenters. The highest BCUT2D eigenvalue weighted by Gasteiger charge is 2.36. The molecule has 23 heavy (non-hydrogen) atoms. The smallest absolute Gasteiger partial charge is 0.195 e. The van der Waals surface area contributed by atoms with Crippen molar-refractivity contribution in [1.82, 2.24) is 10.2 Å². The van der Waals surface area contributed by atoms with Crippen LogP contribution in [0, 0.1) is 23.4 Å². The topological polar surface area (TPSA) is 35.5 Å². The van der Waals surface area contributed by atoms with Crippen LogP contribution in [0.25, 0.3) is 0 Å². The number of halogens is 3. The molecular weight excluding hydrogens is 305 g/mol. The molecule has 0 unspecified atom stereocenters. The summed E-state index contributed by atoms with van der Waals surface area (Å²) in [5, 5.41) is 13.4. The fraction of sp³-hybridized carbons (Fsp3) is 0.647. The number of phenolic OH excluding ortho intramolecular Hbond substituents is 1. The molecule has 6 heteroatoms. The van der Waals surface area contributed by atoms with E-state index in [9.17, 15) is 18.3 Å². The Bertz CT molecular complexity index is 537. The van der Waals surface area contributed by atoms with Gasteiger partial charge in [0.1, 0.15) is 5.75 Å². The molecule has 1 saturated carbocycles. The van der Waals surface area contributed by atoms with E-state index in [1.54, 1.807) is 0 Å². The van der Waals surface area contributed by atoms with E-state index in [-0.39, 0.29) is 11.5 Å². The molecule has 1 aliphatic heterocycles. The predicted molar refractivity (Wildman–Crippen MR) is 81.7 cm³/mol. The van der Waals surface area contributed by atoms with Crippen LogP contribution in [0.4, 0.5) is 13.2 Å². The first-order valence-corrected chi connectivity index (χ1v) is 8.40. The van der Waals surface area contributed by atoms with E-state index in [4.69, 9.17) is 0 Å². The second kappa shape index (κ2) is 7.09. The maximum absolute atomic E-state index is 14.5. The molecule has 1 saturated heterocycles. The van der Waals surface area contributed by atoms with E-state index in [0.717, 1.165) is 45.2 Å². The van der Waals surface area contributed by atoms with E-state index < -0.39 is 29.2 Å². The molecule has 0 bridgehead atoms. The van der Waals surface area contributed by atoms with Gasteiger partial charge in [-0.25, -0.2) is 13.2 Å². The lowest BCUT2D eigenvalue weighted by Crippen LogP contribution is -2.47. The van der Waals surface area contributed by atoms with Gasteiger partial charge in [-0.2, -0.15) is 0 Å². The van der Waals surface area contributed by atoms with Crippen LogP contribution >= 0.6 is 0 Å². The van der Waals surface area contributed by atoms with Crippen molar-refractivity contribution in [2.75, 3.05) is 26.2 Å². The number of nitrogens with zero attached hydrogens (tertiary/aromatic N) is 1. The zero-order valence-corrected chi connectivity index (χ0v) is 13.1. The lowest BCUT2D eigenvalue weighted by Gasteiger charge is -2.41. The molecule has 1 heterocycles. The fourth-order valence-electron chi connectivity index (χ4n) is 4.00. The van der Waals surface area contributed by atoms with Crippen LogP contribution in [0.2, 0.25) is 0 Å². The first-order chi connectivity index (χ1) is 11.1. The second-order valence-corrected chi connectivity index (χ2v) is 6.55. The summed E-state index contributed by atoms with van der Waals surface area (Å²) in [5.74, 6) is -4.39. The molecular formula is C17H23F3N2O. The van der Waals surface area contributed by atoms with Crippen LogP contribution in [0.1, 0.15) is 43.7 Å². The van der Waals surface area contributed by atoms with Crippen molar-refractivity contribution in [1.29, 1.82) is 0 Å². The molecule has 1 aromatic carbocycles. The molecule has 3 nitrogen and oxygen atoms in total. The maximum atomic E-state index is 14.5. The SMILES string of the molecule is Oc1cc(F)c(F)c(F)c1[C@@H](C1CCCCC1)N1CCNCC1. The van der Waals surface area contributed by atoms with Crippen molar-refractivity contribution < 1.29 is 18.3 Å². The monoisotopic (exact) mass is 328 g/mol. The zero-order valence-electron chi connectivity index (χ0n) is 13.1. The number of nitrogens with one attached hydrogen (secondary N) is 1. The third-order valence-corrected chi connectivity index (χ3v) is 5.12. The number of hydrogen-bond acceptors (Lipinski definition) is 3. The van der Waals surface area contributed by atoms with Crippen LogP contribution in [-0.2, 0) is 0 Å². The predicted octanol–water partition coefficient (Wildman–Crippen LogP) is 3.34. The summed E-state index contributed by atoms with van der Waals surface area (Å²) in [6.07, 6.45) is 5.11. The molecule has 2 aliphatic rings. The van der Waals surface area contributed by atoms with Gasteiger partial charge in [0, 0.05) is 38.3 Å². The minimum Gasteiger partial charge on any atom is -0.507 e. The van der Waals surface area contributed by atoms with Crippen LogP contribution < -0.4 is 5.32 Å². The van der Waals surface area contributed by atoms with Crippen LogP contribution in [0.5, 0.6) is 5.75 Å². The van der Waals surface area contributed by atoms with Gasteiger partial charge in [0.2, 0.25) is 0 Å². The highest BCUT2D eigenvalue weighted by Crippen LogP contribution is 2.43. The van der Waals surface area contributed by atoms with Crippen LogP contribution in [-0.4, -0.2) is 36.2 Å². The first-order valence-electron chi connectivity index (χ1n) is 8.40. The lowest BCUT2D eigenvalue weighted by molar-refractivity contribution is 0.0975. The van der Waals surface area contributed by atoms with Gasteiger partial charge in [-0.05, 0) is 18.8 Å². The van der Waals surface area contributed by atoms with Gasteiger partial charge in [-0.1, -0.05) is 19.3 Å². The lowest BCUT2D eigenvalue weighted by atomic mass is 9.79. The number of phenols is 1. The van der Waals surface area contributed by atoms with E-state index in [1.165, 1.54) is 0 Å². The fourth-order valence-corrected chi connectivity index (χ4v) is 4.00. The molecule has 128 valence electrons. The highest BCUT2D eigenvalue weighted by molar-refractivity contribution is 5.38. The summed E-state index contributed by atoms with van der Waals surface area (Å²) in [6, 6.07) is 0.304. The molecule has 2 N–H and O–H groups in total. The molecule has 2 fully saturated rings. The zero-order chi connectivity index (χ0) is 16.4. The Hall–Kier alpha value is -1.27. The Morgan fingerprint density at radius 1 is 1.04 bits per heavy atom. The van der Waals surface area contributed by atoms with E-state index >= 15 is 0 Å². The number of rotatable bonds is 3. The van der Waals surface area contributed by atoms with Gasteiger partial charge in [-0.15, -0.1) is 0 Å². The molecule has 3 rings (SSSR count). The molecule has 1 aromatic rings. The second-order valence-electron chi connectivity index (χ2n) is 6.55. The summed E-state index contributed by atoms with van der Waals surface area (Å²) in [4.78, 5) is 2.10. The molecule has 1 aliphatic carbocycles. The number of hydrogen-bond donors (Lipinski definition) is 2. The van der Waals surface area contributed by atoms with Crippen molar-refractivity contribution in [2.24, 2.45) is 5.92 Å². The summed E-state index contributed by atoms with van der Waals surface area (Å²) in [5.41, 5.74) is -0.0716. The largest absolute Gasteiger partial charge is 0.507 e. The summed E-state index contributed by atoms with van der Waals surface area (Å²) >= 11 is 0. The third-order valence-electron chi connectivity index (χ3n) is 5.12. The Morgan fingerprint density at radius 3 is 2.35 bits per heavy atom. The molecule has 0 radical (unpaired) electrons. The normalized spacial score (nSPS) is 22.2. The quantitative estimate of drug-likeness (QED) is 0.836. The molecule has 0 spiro atoms. The summed E-state index contributed by atoms with van der Waals surface area (Å²) < 4.78 is 41.6. The van der Waals surface area contributed by atoms with Gasteiger partial charge < -0.3 is 10.4 Å². The van der Waals surface area contributed by atoms with E-state index in [0.29, 0.717) is 19.2 Å². The number of aromatic hydroxyl groups is 1. The Morgan fingerprint density at radius 2 is 1.70 bits per heavy atom. The van der Waals surface area contributed by atoms with E-state index in [2.05, 4.69) is 10.2 Å². The average molecular weight is 328 g/mol. The molecule has 0 aromatic heterocycles. The minimum atomic E-state index is -1.49. The van der Waals surface area contributed by atoms with Crippen molar-refractivity contribution in [3.05, 3.63) is 29.1 Å². The van der Waals surface area contributed by atoms with Gasteiger partial charge in [-0.3, -0.25) is 4.90 Å². The van der Waals surface area contributed by atoms with Crippen LogP contribution in [0.3, 0.4) is 0 Å².